The summed E-state index contributed by atoms with van der Waals surface area (Å²) in [5.74, 6) is -0.366. The molecule has 0 atom stereocenters. The summed E-state index contributed by atoms with van der Waals surface area (Å²) < 4.78 is 5.25. The van der Waals surface area contributed by atoms with E-state index in [1.54, 1.807) is 36.7 Å². The average molecular weight is 427 g/mol. The Hall–Kier alpha value is -2.19. The van der Waals surface area contributed by atoms with Crippen LogP contribution in [0.25, 0.3) is 0 Å². The van der Waals surface area contributed by atoms with E-state index in [4.69, 9.17) is 10.5 Å². The summed E-state index contributed by atoms with van der Waals surface area (Å²) in [4.78, 5) is 28.4. The first kappa shape index (κ1) is 23.8. The van der Waals surface area contributed by atoms with Crippen molar-refractivity contribution in [2.45, 2.75) is 24.9 Å². The number of ether oxygens (including phenoxy) is 1. The van der Waals surface area contributed by atoms with Crippen molar-refractivity contribution >= 4 is 42.3 Å². The molecule has 0 spiro atoms. The molecule has 2 heterocycles. The molecule has 7 nitrogen and oxygen atoms in total. The molecule has 1 aromatic carbocycles. The number of nitrogens with zero attached hydrogens (tertiary/aromatic N) is 1. The monoisotopic (exact) mass is 426 g/mol. The van der Waals surface area contributed by atoms with Gasteiger partial charge in [-0.1, -0.05) is 12.1 Å². The molecule has 2 aromatic rings. The van der Waals surface area contributed by atoms with Gasteiger partial charge in [0.15, 0.2) is 0 Å². The van der Waals surface area contributed by atoms with E-state index in [0.29, 0.717) is 43.9 Å². The Morgan fingerprint density at radius 3 is 2.25 bits per heavy atom. The Morgan fingerprint density at radius 2 is 1.64 bits per heavy atom. The Labute approximate surface area is 176 Å². The molecular formula is C19H24Cl2N4O3. The van der Waals surface area contributed by atoms with E-state index in [0.717, 1.165) is 5.56 Å². The van der Waals surface area contributed by atoms with E-state index in [2.05, 4.69) is 15.6 Å². The summed E-state index contributed by atoms with van der Waals surface area (Å²) in [5, 5.41) is 5.67. The number of nitrogens with two attached hydrogens (primary N) is 1. The van der Waals surface area contributed by atoms with Crippen LogP contribution in [0.3, 0.4) is 0 Å². The third-order valence-electron chi connectivity index (χ3n) is 4.44. The molecule has 1 aliphatic heterocycles. The summed E-state index contributed by atoms with van der Waals surface area (Å²) in [5.41, 5.74) is 7.42. The second kappa shape index (κ2) is 11.0. The largest absolute Gasteiger partial charge is 0.381 e. The first-order valence-electron chi connectivity index (χ1n) is 8.52. The van der Waals surface area contributed by atoms with Gasteiger partial charge in [0.2, 0.25) is 5.91 Å². The van der Waals surface area contributed by atoms with Crippen LogP contribution in [0.5, 0.6) is 0 Å². The van der Waals surface area contributed by atoms with Crippen molar-refractivity contribution in [1.29, 1.82) is 0 Å². The number of aromatic nitrogens is 1. The lowest BCUT2D eigenvalue weighted by atomic mass is 9.90. The maximum absolute atomic E-state index is 12.3. The minimum absolute atomic E-state index is 0. The maximum atomic E-state index is 12.3. The molecule has 9 heteroatoms. The summed E-state index contributed by atoms with van der Waals surface area (Å²) in [6.07, 6.45) is 4.27. The average Bonchev–Trinajstić information content (AvgIpc) is 2.68. The molecule has 152 valence electrons. The van der Waals surface area contributed by atoms with E-state index in [1.807, 2.05) is 12.1 Å². The highest BCUT2D eigenvalue weighted by Crippen LogP contribution is 2.18. The number of nitrogens with one attached hydrogen (secondary N) is 2. The summed E-state index contributed by atoms with van der Waals surface area (Å²) in [7, 11) is 0. The zero-order chi connectivity index (χ0) is 18.4. The summed E-state index contributed by atoms with van der Waals surface area (Å²) >= 11 is 0. The van der Waals surface area contributed by atoms with Crippen LogP contribution in [-0.4, -0.2) is 35.6 Å². The number of halogens is 2. The van der Waals surface area contributed by atoms with E-state index < -0.39 is 5.54 Å². The van der Waals surface area contributed by atoms with Crippen LogP contribution in [0.1, 0.15) is 28.8 Å². The zero-order valence-electron chi connectivity index (χ0n) is 15.2. The van der Waals surface area contributed by atoms with Crippen molar-refractivity contribution in [3.8, 4) is 0 Å². The molecule has 1 fully saturated rings. The van der Waals surface area contributed by atoms with Crippen LogP contribution in [0, 0.1) is 0 Å². The van der Waals surface area contributed by atoms with Crippen molar-refractivity contribution in [1.82, 2.24) is 10.3 Å². The molecule has 1 aromatic heterocycles. The highest BCUT2D eigenvalue weighted by atomic mass is 35.5. The minimum Gasteiger partial charge on any atom is -0.381 e. The predicted molar refractivity (Wildman–Crippen MR) is 112 cm³/mol. The van der Waals surface area contributed by atoms with Crippen LogP contribution < -0.4 is 16.4 Å². The zero-order valence-corrected chi connectivity index (χ0v) is 16.9. The van der Waals surface area contributed by atoms with Crippen molar-refractivity contribution < 1.29 is 14.3 Å². The SMILES string of the molecule is Cl.Cl.NC1(C(=O)NCc2ccc(C(=O)Nc3ccncc3)cc2)CCOCC1. The highest BCUT2D eigenvalue weighted by molar-refractivity contribution is 6.04. The van der Waals surface area contributed by atoms with Gasteiger partial charge in [0.25, 0.3) is 5.91 Å². The number of rotatable bonds is 5. The second-order valence-electron chi connectivity index (χ2n) is 6.34. The fraction of sp³-hybridized carbons (Fsp3) is 0.316. The van der Waals surface area contributed by atoms with Gasteiger partial charge in [0, 0.05) is 43.4 Å². The van der Waals surface area contributed by atoms with Gasteiger partial charge in [-0.15, -0.1) is 24.8 Å². The van der Waals surface area contributed by atoms with Crippen LogP contribution in [-0.2, 0) is 16.1 Å². The lowest BCUT2D eigenvalue weighted by molar-refractivity contribution is -0.129. The van der Waals surface area contributed by atoms with Crippen molar-refractivity contribution in [2.24, 2.45) is 5.73 Å². The first-order chi connectivity index (χ1) is 12.6. The van der Waals surface area contributed by atoms with Gasteiger partial charge in [0.05, 0.1) is 5.54 Å². The third kappa shape index (κ3) is 6.17. The van der Waals surface area contributed by atoms with Crippen LogP contribution in [0.4, 0.5) is 5.69 Å². The minimum atomic E-state index is -0.859. The molecule has 2 amide bonds. The molecular weight excluding hydrogens is 403 g/mol. The summed E-state index contributed by atoms with van der Waals surface area (Å²) in [6.45, 7) is 1.38. The molecule has 4 N–H and O–H groups in total. The molecule has 0 unspecified atom stereocenters. The van der Waals surface area contributed by atoms with Gasteiger partial charge in [0.1, 0.15) is 0 Å². The molecule has 0 radical (unpaired) electrons. The Morgan fingerprint density at radius 1 is 1.04 bits per heavy atom. The van der Waals surface area contributed by atoms with Crippen LogP contribution in [0.15, 0.2) is 48.8 Å². The highest BCUT2D eigenvalue weighted by Gasteiger charge is 2.35. The van der Waals surface area contributed by atoms with Gasteiger partial charge >= 0.3 is 0 Å². The molecule has 1 aliphatic rings. The lowest BCUT2D eigenvalue weighted by Crippen LogP contribution is -2.56. The fourth-order valence-corrected chi connectivity index (χ4v) is 2.73. The number of carbonyl (C=O) groups is 2. The number of pyridine rings is 1. The number of amides is 2. The Kier molecular flexibility index (Phi) is 9.34. The van der Waals surface area contributed by atoms with Gasteiger partial charge < -0.3 is 21.1 Å². The molecule has 0 aliphatic carbocycles. The quantitative estimate of drug-likeness (QED) is 0.679. The van der Waals surface area contributed by atoms with Crippen molar-refractivity contribution in [2.75, 3.05) is 18.5 Å². The van der Waals surface area contributed by atoms with Gasteiger partial charge in [-0.3, -0.25) is 14.6 Å². The molecule has 28 heavy (non-hydrogen) atoms. The number of anilines is 1. The standard InChI is InChI=1S/C19H22N4O3.2ClH/c20-19(7-11-26-12-8-19)18(25)22-13-14-1-3-15(4-2-14)17(24)23-16-5-9-21-10-6-16;;/h1-6,9-10H,7-8,11-13,20H2,(H,22,25)(H,21,23,24);2*1H. The van der Waals surface area contributed by atoms with Crippen molar-refractivity contribution in [3.05, 3.63) is 59.9 Å². The smallest absolute Gasteiger partial charge is 0.255 e. The first-order valence-corrected chi connectivity index (χ1v) is 8.52. The molecule has 3 rings (SSSR count). The number of hydrogen-bond donors (Lipinski definition) is 3. The van der Waals surface area contributed by atoms with E-state index >= 15 is 0 Å². The van der Waals surface area contributed by atoms with E-state index in [9.17, 15) is 9.59 Å². The Balaban J connectivity index is 0.00000196. The predicted octanol–water partition coefficient (Wildman–Crippen LogP) is 2.30. The third-order valence-corrected chi connectivity index (χ3v) is 4.44. The van der Waals surface area contributed by atoms with E-state index in [-0.39, 0.29) is 36.6 Å². The number of benzene rings is 1. The van der Waals surface area contributed by atoms with Crippen LogP contribution in [0.2, 0.25) is 0 Å². The maximum Gasteiger partial charge on any atom is 0.255 e. The Bertz CT molecular complexity index is 767. The van der Waals surface area contributed by atoms with Gasteiger partial charge in [-0.2, -0.15) is 0 Å². The van der Waals surface area contributed by atoms with Gasteiger partial charge in [-0.05, 0) is 42.7 Å². The topological polar surface area (TPSA) is 106 Å². The molecule has 1 saturated heterocycles. The molecule has 0 bridgehead atoms. The second-order valence-corrected chi connectivity index (χ2v) is 6.34. The lowest BCUT2D eigenvalue weighted by Gasteiger charge is -2.31. The number of hydrogen-bond acceptors (Lipinski definition) is 5. The summed E-state index contributed by atoms with van der Waals surface area (Å²) in [6, 6.07) is 10.5. The fourth-order valence-electron chi connectivity index (χ4n) is 2.73. The molecule has 0 saturated carbocycles. The van der Waals surface area contributed by atoms with Gasteiger partial charge in [-0.25, -0.2) is 0 Å². The normalized spacial score (nSPS) is 14.8. The van der Waals surface area contributed by atoms with Crippen molar-refractivity contribution in [3.63, 3.8) is 0 Å². The van der Waals surface area contributed by atoms with E-state index in [1.165, 1.54) is 0 Å². The van der Waals surface area contributed by atoms with Crippen LogP contribution >= 0.6 is 24.8 Å². The number of carbonyl (C=O) groups excluding carboxylic acids is 2.